The summed E-state index contributed by atoms with van der Waals surface area (Å²) in [4.78, 5) is 27.2. The first-order chi connectivity index (χ1) is 11.5. The number of amides is 1. The first-order valence-electron chi connectivity index (χ1n) is 7.41. The van der Waals surface area contributed by atoms with E-state index < -0.39 is 11.5 Å². The van der Waals surface area contributed by atoms with E-state index in [0.29, 0.717) is 16.9 Å². The zero-order valence-electron chi connectivity index (χ0n) is 13.0. The Morgan fingerprint density at radius 1 is 1.00 bits per heavy atom. The van der Waals surface area contributed by atoms with Gasteiger partial charge in [-0.2, -0.15) is 0 Å². The van der Waals surface area contributed by atoms with E-state index in [1.807, 2.05) is 25.1 Å². The topological polar surface area (TPSA) is 62.0 Å². The second-order valence-corrected chi connectivity index (χ2v) is 5.39. The van der Waals surface area contributed by atoms with Gasteiger partial charge >= 0.3 is 0 Å². The minimum absolute atomic E-state index is 0.0177. The van der Waals surface area contributed by atoms with Crippen LogP contribution in [0.3, 0.4) is 0 Å². The average molecular weight is 322 g/mol. The molecule has 0 fully saturated rings. The van der Waals surface area contributed by atoms with Crippen LogP contribution in [0.15, 0.2) is 65.5 Å². The van der Waals surface area contributed by atoms with Crippen LogP contribution in [0.25, 0.3) is 11.3 Å². The lowest BCUT2D eigenvalue weighted by molar-refractivity contribution is 0.102. The molecule has 0 radical (unpaired) electrons. The standard InChI is InChI=1S/C19H15FN2O2/c1-12-4-2-3-5-16(12)21-18(23)15-10-11-17(22-19(15)24)13-6-8-14(20)9-7-13/h2-11H,1H3,(H,21,23)(H,22,24). The Morgan fingerprint density at radius 3 is 2.38 bits per heavy atom. The second kappa shape index (κ2) is 6.50. The lowest BCUT2D eigenvalue weighted by Crippen LogP contribution is -2.23. The molecule has 1 heterocycles. The Kier molecular flexibility index (Phi) is 4.24. The summed E-state index contributed by atoms with van der Waals surface area (Å²) in [6.07, 6.45) is 0. The first kappa shape index (κ1) is 15.7. The molecule has 1 amide bonds. The summed E-state index contributed by atoms with van der Waals surface area (Å²) in [6, 6.07) is 16.2. The number of nitrogens with one attached hydrogen (secondary N) is 2. The van der Waals surface area contributed by atoms with Gasteiger partial charge in [0.05, 0.1) is 0 Å². The number of pyridine rings is 1. The molecule has 3 rings (SSSR count). The van der Waals surface area contributed by atoms with E-state index in [0.717, 1.165) is 5.56 Å². The highest BCUT2D eigenvalue weighted by Gasteiger charge is 2.12. The number of carbonyl (C=O) groups is 1. The summed E-state index contributed by atoms with van der Waals surface area (Å²) in [5.74, 6) is -0.827. The van der Waals surface area contributed by atoms with Crippen LogP contribution < -0.4 is 10.9 Å². The second-order valence-electron chi connectivity index (χ2n) is 5.39. The molecule has 120 valence electrons. The van der Waals surface area contributed by atoms with Crippen LogP contribution in [0.2, 0.25) is 0 Å². The van der Waals surface area contributed by atoms with Gasteiger partial charge < -0.3 is 10.3 Å². The van der Waals surface area contributed by atoms with E-state index in [4.69, 9.17) is 0 Å². The van der Waals surface area contributed by atoms with E-state index in [2.05, 4.69) is 10.3 Å². The van der Waals surface area contributed by atoms with Crippen LogP contribution >= 0.6 is 0 Å². The van der Waals surface area contributed by atoms with Crippen molar-refractivity contribution in [3.63, 3.8) is 0 Å². The molecule has 0 aliphatic carbocycles. The Labute approximate surface area is 138 Å². The van der Waals surface area contributed by atoms with Crippen molar-refractivity contribution in [1.82, 2.24) is 4.98 Å². The van der Waals surface area contributed by atoms with Crippen molar-refractivity contribution in [3.05, 3.63) is 88.0 Å². The summed E-state index contributed by atoms with van der Waals surface area (Å²) in [6.45, 7) is 1.87. The minimum atomic E-state index is -0.497. The summed E-state index contributed by atoms with van der Waals surface area (Å²) in [5, 5.41) is 2.73. The summed E-state index contributed by atoms with van der Waals surface area (Å²) < 4.78 is 13.0. The number of para-hydroxylation sites is 1. The minimum Gasteiger partial charge on any atom is -0.322 e. The molecule has 1 aromatic heterocycles. The lowest BCUT2D eigenvalue weighted by Gasteiger charge is -2.08. The highest BCUT2D eigenvalue weighted by atomic mass is 19.1. The van der Waals surface area contributed by atoms with Gasteiger partial charge in [0.15, 0.2) is 0 Å². The van der Waals surface area contributed by atoms with E-state index in [-0.39, 0.29) is 11.4 Å². The molecule has 3 aromatic rings. The molecular formula is C19H15FN2O2. The number of hydrogen-bond acceptors (Lipinski definition) is 2. The summed E-state index contributed by atoms with van der Waals surface area (Å²) in [7, 11) is 0. The number of aromatic amines is 1. The van der Waals surface area contributed by atoms with E-state index in [1.54, 1.807) is 24.3 Å². The highest BCUT2D eigenvalue weighted by Crippen LogP contribution is 2.17. The quantitative estimate of drug-likeness (QED) is 0.771. The van der Waals surface area contributed by atoms with Crippen LogP contribution in [-0.2, 0) is 0 Å². The van der Waals surface area contributed by atoms with Gasteiger partial charge in [0.25, 0.3) is 11.5 Å². The van der Waals surface area contributed by atoms with Crippen LogP contribution in [-0.4, -0.2) is 10.9 Å². The van der Waals surface area contributed by atoms with Crippen molar-refractivity contribution in [3.8, 4) is 11.3 Å². The fraction of sp³-hybridized carbons (Fsp3) is 0.0526. The number of anilines is 1. The van der Waals surface area contributed by atoms with Gasteiger partial charge in [0.1, 0.15) is 11.4 Å². The fourth-order valence-corrected chi connectivity index (χ4v) is 2.35. The molecule has 0 unspecified atom stereocenters. The number of rotatable bonds is 3. The van der Waals surface area contributed by atoms with E-state index in [1.165, 1.54) is 18.2 Å². The van der Waals surface area contributed by atoms with Crippen LogP contribution in [0.5, 0.6) is 0 Å². The predicted molar refractivity (Wildman–Crippen MR) is 91.6 cm³/mol. The number of hydrogen-bond donors (Lipinski definition) is 2. The van der Waals surface area contributed by atoms with Crippen molar-refractivity contribution in [1.29, 1.82) is 0 Å². The molecular weight excluding hydrogens is 307 g/mol. The Bertz CT molecular complexity index is 946. The van der Waals surface area contributed by atoms with Crippen molar-refractivity contribution in [2.24, 2.45) is 0 Å². The Morgan fingerprint density at radius 2 is 1.71 bits per heavy atom. The van der Waals surface area contributed by atoms with Crippen molar-refractivity contribution in [2.45, 2.75) is 6.92 Å². The molecule has 0 atom stereocenters. The van der Waals surface area contributed by atoms with Crippen LogP contribution in [0.1, 0.15) is 15.9 Å². The average Bonchev–Trinajstić information content (AvgIpc) is 2.57. The maximum Gasteiger partial charge on any atom is 0.261 e. The van der Waals surface area contributed by atoms with E-state index in [9.17, 15) is 14.0 Å². The van der Waals surface area contributed by atoms with Crippen LogP contribution in [0.4, 0.5) is 10.1 Å². The van der Waals surface area contributed by atoms with Crippen molar-refractivity contribution < 1.29 is 9.18 Å². The molecule has 5 heteroatoms. The SMILES string of the molecule is Cc1ccccc1NC(=O)c1ccc(-c2ccc(F)cc2)[nH]c1=O. The maximum atomic E-state index is 13.0. The first-order valence-corrected chi connectivity index (χ1v) is 7.41. The number of benzene rings is 2. The third kappa shape index (κ3) is 3.25. The number of aryl methyl sites for hydroxylation is 1. The maximum absolute atomic E-state index is 13.0. The fourth-order valence-electron chi connectivity index (χ4n) is 2.35. The third-order valence-electron chi connectivity index (χ3n) is 3.70. The monoisotopic (exact) mass is 322 g/mol. The van der Waals surface area contributed by atoms with Gasteiger partial charge in [0.2, 0.25) is 0 Å². The van der Waals surface area contributed by atoms with Crippen molar-refractivity contribution >= 4 is 11.6 Å². The highest BCUT2D eigenvalue weighted by molar-refractivity contribution is 6.04. The summed E-state index contributed by atoms with van der Waals surface area (Å²) >= 11 is 0. The zero-order chi connectivity index (χ0) is 17.1. The van der Waals surface area contributed by atoms with E-state index >= 15 is 0 Å². The molecule has 0 saturated heterocycles. The number of carbonyl (C=O) groups excluding carboxylic acids is 1. The molecule has 0 bridgehead atoms. The number of aromatic nitrogens is 1. The molecule has 24 heavy (non-hydrogen) atoms. The largest absolute Gasteiger partial charge is 0.322 e. The molecule has 0 aliphatic heterocycles. The molecule has 4 nitrogen and oxygen atoms in total. The molecule has 2 aromatic carbocycles. The van der Waals surface area contributed by atoms with Gasteiger partial charge in [-0.15, -0.1) is 0 Å². The van der Waals surface area contributed by atoms with Gasteiger partial charge in [-0.3, -0.25) is 9.59 Å². The van der Waals surface area contributed by atoms with Gasteiger partial charge in [-0.1, -0.05) is 18.2 Å². The Hall–Kier alpha value is -3.21. The Balaban J connectivity index is 1.87. The predicted octanol–water partition coefficient (Wildman–Crippen LogP) is 3.74. The zero-order valence-corrected chi connectivity index (χ0v) is 13.0. The summed E-state index contributed by atoms with van der Waals surface area (Å²) in [5.41, 5.74) is 2.27. The third-order valence-corrected chi connectivity index (χ3v) is 3.70. The van der Waals surface area contributed by atoms with Crippen LogP contribution in [0, 0.1) is 12.7 Å². The number of halogens is 1. The normalized spacial score (nSPS) is 10.4. The van der Waals surface area contributed by atoms with Gasteiger partial charge in [-0.05, 0) is 60.5 Å². The van der Waals surface area contributed by atoms with Crippen molar-refractivity contribution in [2.75, 3.05) is 5.32 Å². The molecule has 2 N–H and O–H groups in total. The molecule has 0 saturated carbocycles. The smallest absolute Gasteiger partial charge is 0.261 e. The van der Waals surface area contributed by atoms with Gasteiger partial charge in [0, 0.05) is 11.4 Å². The number of H-pyrrole nitrogens is 1. The van der Waals surface area contributed by atoms with Gasteiger partial charge in [-0.25, -0.2) is 4.39 Å². The molecule has 0 aliphatic rings. The lowest BCUT2D eigenvalue weighted by atomic mass is 10.1. The molecule has 0 spiro atoms.